The lowest BCUT2D eigenvalue weighted by atomic mass is 9.95. The first-order valence-corrected chi connectivity index (χ1v) is 14.0. The molecule has 4 heterocycles. The Hall–Kier alpha value is -3.92. The number of fused-ring (bicyclic) bond motifs is 1. The van der Waals surface area contributed by atoms with Crippen molar-refractivity contribution in [2.24, 2.45) is 0 Å². The van der Waals surface area contributed by atoms with Crippen LogP contribution in [0.3, 0.4) is 0 Å². The fourth-order valence-corrected chi connectivity index (χ4v) is 6.26. The Kier molecular flexibility index (Phi) is 5.80. The molecule has 1 saturated carbocycles. The van der Waals surface area contributed by atoms with Crippen molar-refractivity contribution in [3.63, 3.8) is 0 Å². The number of carbonyl (C=O) groups excluding carboxylic acids is 2. The van der Waals surface area contributed by atoms with Gasteiger partial charge in [0.1, 0.15) is 12.1 Å². The summed E-state index contributed by atoms with van der Waals surface area (Å²) in [5.74, 6) is 0.859. The molecule has 0 radical (unpaired) electrons. The van der Waals surface area contributed by atoms with E-state index in [0.717, 1.165) is 26.9 Å². The number of hydrogen-bond donors (Lipinski definition) is 1. The van der Waals surface area contributed by atoms with Crippen LogP contribution in [0.15, 0.2) is 59.9 Å². The number of rotatable bonds is 4. The van der Waals surface area contributed by atoms with E-state index < -0.39 is 6.04 Å². The van der Waals surface area contributed by atoms with Gasteiger partial charge in [0, 0.05) is 24.0 Å². The maximum atomic E-state index is 14.1. The molecular formula is C29H27BrN6O3. The van der Waals surface area contributed by atoms with E-state index in [-0.39, 0.29) is 11.8 Å². The molecule has 2 aromatic carbocycles. The summed E-state index contributed by atoms with van der Waals surface area (Å²) in [5.41, 5.74) is 6.07. The zero-order valence-corrected chi connectivity index (χ0v) is 22.9. The van der Waals surface area contributed by atoms with Crippen molar-refractivity contribution in [3.8, 4) is 11.6 Å². The van der Waals surface area contributed by atoms with Gasteiger partial charge in [0.05, 0.1) is 46.9 Å². The van der Waals surface area contributed by atoms with Crippen molar-refractivity contribution in [1.29, 1.82) is 0 Å². The Morgan fingerprint density at radius 2 is 1.95 bits per heavy atom. The monoisotopic (exact) mass is 586 g/mol. The lowest BCUT2D eigenvalue weighted by Gasteiger charge is -2.39. The largest absolute Gasteiger partial charge is 0.474 e. The highest BCUT2D eigenvalue weighted by atomic mass is 79.9. The lowest BCUT2D eigenvalue weighted by molar-refractivity contribution is -0.127. The highest BCUT2D eigenvalue weighted by molar-refractivity contribution is 9.10. The normalized spacial score (nSPS) is 18.7. The number of ether oxygens (including phenoxy) is 1. The number of H-pyrrole nitrogens is 1. The molecule has 1 N–H and O–H groups in total. The molecule has 7 rings (SSSR count). The van der Waals surface area contributed by atoms with Crippen LogP contribution >= 0.6 is 15.9 Å². The summed E-state index contributed by atoms with van der Waals surface area (Å²) >= 11 is 3.53. The molecule has 3 aliphatic rings. The SMILES string of the molecule is C=CC(=O)N1CCOc2nn(-c3ccc(C4CC4)cc3)c3c2[C@H](C1)N(C(=O)c1ccc(Br)c2[nH]cnc12)CC3. The van der Waals surface area contributed by atoms with Crippen molar-refractivity contribution in [2.45, 2.75) is 31.2 Å². The second kappa shape index (κ2) is 9.37. The van der Waals surface area contributed by atoms with Gasteiger partial charge in [-0.3, -0.25) is 9.59 Å². The summed E-state index contributed by atoms with van der Waals surface area (Å²) < 4.78 is 8.95. The van der Waals surface area contributed by atoms with Crippen LogP contribution in [-0.2, 0) is 11.2 Å². The number of aromatic nitrogens is 4. The van der Waals surface area contributed by atoms with Crippen LogP contribution in [-0.4, -0.2) is 67.6 Å². The third-order valence-corrected chi connectivity index (χ3v) is 8.63. The summed E-state index contributed by atoms with van der Waals surface area (Å²) in [6.45, 7) is 5.16. The van der Waals surface area contributed by atoms with E-state index in [9.17, 15) is 9.59 Å². The van der Waals surface area contributed by atoms with Gasteiger partial charge < -0.3 is 19.5 Å². The minimum absolute atomic E-state index is 0.144. The third-order valence-electron chi connectivity index (χ3n) is 7.97. The third kappa shape index (κ3) is 4.05. The van der Waals surface area contributed by atoms with Crippen molar-refractivity contribution in [3.05, 3.63) is 82.2 Å². The standard InChI is InChI=1S/C29H27BrN6O3/c1-2-24(37)34-13-14-39-28-25-22(36(33-28)19-7-5-18(6-8-19)17-3-4-17)11-12-35(23(25)15-34)29(38)20-9-10-21(30)27-26(20)31-16-32-27/h2,5-10,16-17,23H,1,3-4,11-15H2,(H,31,32)/t23-/m0/s1. The van der Waals surface area contributed by atoms with E-state index in [1.165, 1.54) is 24.5 Å². The van der Waals surface area contributed by atoms with Crippen LogP contribution in [0, 0.1) is 0 Å². The van der Waals surface area contributed by atoms with Crippen LogP contribution in [0.5, 0.6) is 5.88 Å². The van der Waals surface area contributed by atoms with Gasteiger partial charge in [-0.1, -0.05) is 18.7 Å². The highest BCUT2D eigenvalue weighted by Gasteiger charge is 2.40. The van der Waals surface area contributed by atoms with Gasteiger partial charge in [-0.15, -0.1) is 5.10 Å². The van der Waals surface area contributed by atoms with Gasteiger partial charge in [0.15, 0.2) is 0 Å². The predicted molar refractivity (Wildman–Crippen MR) is 149 cm³/mol. The molecule has 0 unspecified atom stereocenters. The van der Waals surface area contributed by atoms with E-state index in [4.69, 9.17) is 9.84 Å². The smallest absolute Gasteiger partial charge is 0.256 e. The maximum absolute atomic E-state index is 14.1. The fraction of sp³-hybridized carbons (Fsp3) is 0.310. The van der Waals surface area contributed by atoms with Crippen LogP contribution in [0.25, 0.3) is 16.7 Å². The average Bonchev–Trinajstić information content (AvgIpc) is 3.56. The first-order chi connectivity index (χ1) is 19.0. The number of carbonyl (C=O) groups is 2. The highest BCUT2D eigenvalue weighted by Crippen LogP contribution is 2.42. The number of imidazole rings is 1. The number of aromatic amines is 1. The van der Waals surface area contributed by atoms with Gasteiger partial charge in [0.25, 0.3) is 5.91 Å². The topological polar surface area (TPSA) is 96.4 Å². The number of amides is 2. The zero-order valence-electron chi connectivity index (χ0n) is 21.3. The second-order valence-corrected chi connectivity index (χ2v) is 11.1. The van der Waals surface area contributed by atoms with Gasteiger partial charge in [-0.25, -0.2) is 9.67 Å². The van der Waals surface area contributed by atoms with Gasteiger partial charge in [-0.2, -0.15) is 0 Å². The summed E-state index contributed by atoms with van der Waals surface area (Å²) in [6.07, 6.45) is 6.01. The summed E-state index contributed by atoms with van der Waals surface area (Å²) in [7, 11) is 0. The molecular weight excluding hydrogens is 560 g/mol. The first-order valence-electron chi connectivity index (χ1n) is 13.2. The minimum atomic E-state index is -0.433. The van der Waals surface area contributed by atoms with Gasteiger partial charge >= 0.3 is 0 Å². The van der Waals surface area contributed by atoms with Crippen molar-refractivity contribution in [1.82, 2.24) is 29.5 Å². The predicted octanol–water partition coefficient (Wildman–Crippen LogP) is 4.54. The van der Waals surface area contributed by atoms with E-state index in [0.29, 0.717) is 55.5 Å². The molecule has 2 aliphatic heterocycles. The number of halogens is 1. The van der Waals surface area contributed by atoms with Crippen LogP contribution in [0.1, 0.15) is 52.0 Å². The van der Waals surface area contributed by atoms with Gasteiger partial charge in [0.2, 0.25) is 11.8 Å². The minimum Gasteiger partial charge on any atom is -0.474 e. The molecule has 0 spiro atoms. The summed E-state index contributed by atoms with van der Waals surface area (Å²) in [5, 5.41) is 4.89. The molecule has 1 atom stereocenters. The lowest BCUT2D eigenvalue weighted by Crippen LogP contribution is -2.48. The van der Waals surface area contributed by atoms with E-state index in [1.54, 1.807) is 17.3 Å². The first kappa shape index (κ1) is 24.1. The number of nitrogens with one attached hydrogen (secondary N) is 1. The number of nitrogens with zero attached hydrogens (tertiary/aromatic N) is 5. The van der Waals surface area contributed by atoms with Crippen molar-refractivity contribution >= 4 is 38.8 Å². The Morgan fingerprint density at radius 3 is 2.72 bits per heavy atom. The molecule has 0 bridgehead atoms. The van der Waals surface area contributed by atoms with Crippen LogP contribution in [0.2, 0.25) is 0 Å². The van der Waals surface area contributed by atoms with Crippen molar-refractivity contribution < 1.29 is 14.3 Å². The van der Waals surface area contributed by atoms with E-state index in [2.05, 4.69) is 56.7 Å². The molecule has 39 heavy (non-hydrogen) atoms. The van der Waals surface area contributed by atoms with Crippen LogP contribution in [0.4, 0.5) is 0 Å². The van der Waals surface area contributed by atoms with Crippen molar-refractivity contribution in [2.75, 3.05) is 26.2 Å². The molecule has 1 aliphatic carbocycles. The molecule has 10 heteroatoms. The van der Waals surface area contributed by atoms with Crippen LogP contribution < -0.4 is 4.74 Å². The quantitative estimate of drug-likeness (QED) is 0.354. The maximum Gasteiger partial charge on any atom is 0.256 e. The number of hydrogen-bond acceptors (Lipinski definition) is 5. The molecule has 1 fully saturated rings. The second-order valence-electron chi connectivity index (χ2n) is 10.3. The average molecular weight is 587 g/mol. The zero-order chi connectivity index (χ0) is 26.7. The van der Waals surface area contributed by atoms with E-state index in [1.807, 2.05) is 15.6 Å². The Bertz CT molecular complexity index is 1620. The Balaban J connectivity index is 1.32. The molecule has 9 nitrogen and oxygen atoms in total. The van der Waals surface area contributed by atoms with Gasteiger partial charge in [-0.05, 0) is 70.6 Å². The fourth-order valence-electron chi connectivity index (χ4n) is 5.82. The molecule has 2 aromatic heterocycles. The molecule has 2 amide bonds. The Labute approximate surface area is 233 Å². The van der Waals surface area contributed by atoms with E-state index >= 15 is 0 Å². The summed E-state index contributed by atoms with van der Waals surface area (Å²) in [6, 6.07) is 11.8. The Morgan fingerprint density at radius 1 is 1.13 bits per heavy atom. The molecule has 0 saturated heterocycles. The molecule has 198 valence electrons. The molecule has 4 aromatic rings. The number of benzene rings is 2. The summed E-state index contributed by atoms with van der Waals surface area (Å²) in [4.78, 5) is 38.0.